The molecule has 0 unspecified atom stereocenters. The van der Waals surface area contributed by atoms with Crippen LogP contribution in [-0.4, -0.2) is 49.5 Å². The predicted octanol–water partition coefficient (Wildman–Crippen LogP) is 3.11. The third-order valence-corrected chi connectivity index (χ3v) is 5.01. The van der Waals surface area contributed by atoms with Crippen LogP contribution in [0.4, 0.5) is 5.82 Å². The zero-order valence-corrected chi connectivity index (χ0v) is 19.0. The van der Waals surface area contributed by atoms with Gasteiger partial charge in [0.2, 0.25) is 5.91 Å². The Hall–Kier alpha value is -4.01. The van der Waals surface area contributed by atoms with Gasteiger partial charge in [0.1, 0.15) is 11.6 Å². The van der Waals surface area contributed by atoms with E-state index >= 15 is 0 Å². The van der Waals surface area contributed by atoms with Crippen LogP contribution < -0.4 is 24.8 Å². The molecular formula is C24H28N4O5. The number of para-hydroxylation sites is 1. The first-order valence-electron chi connectivity index (χ1n) is 10.5. The van der Waals surface area contributed by atoms with Crippen LogP contribution >= 0.6 is 0 Å². The number of methoxy groups -OCH3 is 3. The standard InChI is InChI=1S/C24H28N4O5/c1-31-19-11-9-17(10-12-19)24(30)25-14-5-8-22(29)27-21-13-15-26-28(21)16-18-6-4-7-20(32-2)23(18)33-3/h4,6-7,9-13,15H,5,8,14,16H2,1-3H3,(H,25,30)(H,27,29). The number of carbonyl (C=O) groups is 2. The van der Waals surface area contributed by atoms with Crippen molar-refractivity contribution >= 4 is 17.6 Å². The smallest absolute Gasteiger partial charge is 0.251 e. The SMILES string of the molecule is COc1ccc(C(=O)NCCCC(=O)Nc2ccnn2Cc2cccc(OC)c2OC)cc1. The highest BCUT2D eigenvalue weighted by atomic mass is 16.5. The Morgan fingerprint density at radius 3 is 2.45 bits per heavy atom. The Bertz CT molecular complexity index is 1080. The van der Waals surface area contributed by atoms with Gasteiger partial charge in [0.25, 0.3) is 5.91 Å². The van der Waals surface area contributed by atoms with E-state index in [2.05, 4.69) is 15.7 Å². The van der Waals surface area contributed by atoms with Gasteiger partial charge >= 0.3 is 0 Å². The van der Waals surface area contributed by atoms with Gasteiger partial charge in [-0.15, -0.1) is 0 Å². The van der Waals surface area contributed by atoms with Crippen LogP contribution in [-0.2, 0) is 11.3 Å². The van der Waals surface area contributed by atoms with Crippen molar-refractivity contribution in [2.75, 3.05) is 33.2 Å². The number of nitrogens with zero attached hydrogens (tertiary/aromatic N) is 2. The zero-order valence-electron chi connectivity index (χ0n) is 19.0. The predicted molar refractivity (Wildman–Crippen MR) is 124 cm³/mol. The van der Waals surface area contributed by atoms with Gasteiger partial charge in [0.05, 0.1) is 34.1 Å². The molecule has 1 heterocycles. The quantitative estimate of drug-likeness (QED) is 0.433. The Labute approximate surface area is 192 Å². The lowest BCUT2D eigenvalue weighted by atomic mass is 10.2. The molecule has 0 aliphatic rings. The van der Waals surface area contributed by atoms with E-state index in [1.807, 2.05) is 18.2 Å². The Morgan fingerprint density at radius 1 is 0.970 bits per heavy atom. The maximum absolute atomic E-state index is 12.4. The number of aromatic nitrogens is 2. The fourth-order valence-electron chi connectivity index (χ4n) is 3.31. The van der Waals surface area contributed by atoms with Gasteiger partial charge in [-0.25, -0.2) is 4.68 Å². The number of benzene rings is 2. The van der Waals surface area contributed by atoms with E-state index in [0.717, 1.165) is 5.56 Å². The molecule has 174 valence electrons. The van der Waals surface area contributed by atoms with E-state index in [9.17, 15) is 9.59 Å². The van der Waals surface area contributed by atoms with Crippen molar-refractivity contribution in [3.63, 3.8) is 0 Å². The van der Waals surface area contributed by atoms with Gasteiger partial charge in [-0.05, 0) is 36.8 Å². The molecule has 0 radical (unpaired) electrons. The summed E-state index contributed by atoms with van der Waals surface area (Å²) in [6, 6.07) is 14.2. The largest absolute Gasteiger partial charge is 0.497 e. The summed E-state index contributed by atoms with van der Waals surface area (Å²) in [6.07, 6.45) is 2.39. The number of rotatable bonds is 11. The number of nitrogens with one attached hydrogen (secondary N) is 2. The number of hydrogen-bond acceptors (Lipinski definition) is 6. The molecule has 2 N–H and O–H groups in total. The fraction of sp³-hybridized carbons (Fsp3) is 0.292. The molecule has 0 fully saturated rings. The number of carbonyl (C=O) groups excluding carboxylic acids is 2. The Morgan fingerprint density at radius 2 is 1.76 bits per heavy atom. The number of anilines is 1. The first-order chi connectivity index (χ1) is 16.0. The van der Waals surface area contributed by atoms with Crippen LogP contribution in [0.3, 0.4) is 0 Å². The molecule has 2 aromatic carbocycles. The van der Waals surface area contributed by atoms with Crippen molar-refractivity contribution < 1.29 is 23.8 Å². The van der Waals surface area contributed by atoms with Crippen LogP contribution in [0.25, 0.3) is 0 Å². The maximum Gasteiger partial charge on any atom is 0.251 e. The Balaban J connectivity index is 1.49. The molecule has 9 heteroatoms. The lowest BCUT2D eigenvalue weighted by molar-refractivity contribution is -0.116. The van der Waals surface area contributed by atoms with Crippen LogP contribution in [0, 0.1) is 0 Å². The average molecular weight is 453 g/mol. The van der Waals surface area contributed by atoms with Crippen molar-refractivity contribution in [3.05, 3.63) is 65.9 Å². The van der Waals surface area contributed by atoms with Crippen molar-refractivity contribution in [2.24, 2.45) is 0 Å². The highest BCUT2D eigenvalue weighted by molar-refractivity contribution is 5.94. The summed E-state index contributed by atoms with van der Waals surface area (Å²) in [4.78, 5) is 24.6. The monoisotopic (exact) mass is 452 g/mol. The third kappa shape index (κ3) is 6.25. The molecule has 33 heavy (non-hydrogen) atoms. The third-order valence-electron chi connectivity index (χ3n) is 5.01. The maximum atomic E-state index is 12.4. The molecule has 0 spiro atoms. The van der Waals surface area contributed by atoms with E-state index in [-0.39, 0.29) is 18.2 Å². The van der Waals surface area contributed by atoms with Crippen molar-refractivity contribution in [1.29, 1.82) is 0 Å². The summed E-state index contributed by atoms with van der Waals surface area (Å²) in [5.41, 5.74) is 1.41. The summed E-state index contributed by atoms with van der Waals surface area (Å²) in [7, 11) is 4.74. The minimum absolute atomic E-state index is 0.159. The van der Waals surface area contributed by atoms with Gasteiger partial charge in [-0.1, -0.05) is 12.1 Å². The lowest BCUT2D eigenvalue weighted by Gasteiger charge is -2.14. The van der Waals surface area contributed by atoms with Crippen LogP contribution in [0.5, 0.6) is 17.2 Å². The van der Waals surface area contributed by atoms with Gasteiger partial charge in [-0.3, -0.25) is 9.59 Å². The van der Waals surface area contributed by atoms with E-state index in [1.54, 1.807) is 62.5 Å². The molecule has 9 nitrogen and oxygen atoms in total. The average Bonchev–Trinajstić information content (AvgIpc) is 3.27. The van der Waals surface area contributed by atoms with Crippen LogP contribution in [0.1, 0.15) is 28.8 Å². The van der Waals surface area contributed by atoms with Crippen LogP contribution in [0.15, 0.2) is 54.7 Å². The van der Waals surface area contributed by atoms with Crippen molar-refractivity contribution in [1.82, 2.24) is 15.1 Å². The minimum Gasteiger partial charge on any atom is -0.497 e. The molecule has 0 aliphatic carbocycles. The molecule has 3 rings (SSSR count). The lowest BCUT2D eigenvalue weighted by Crippen LogP contribution is -2.25. The van der Waals surface area contributed by atoms with E-state index in [1.165, 1.54) is 0 Å². The molecule has 0 saturated heterocycles. The molecule has 0 saturated carbocycles. The highest BCUT2D eigenvalue weighted by Crippen LogP contribution is 2.31. The van der Waals surface area contributed by atoms with Crippen molar-refractivity contribution in [3.8, 4) is 17.2 Å². The number of ether oxygens (including phenoxy) is 3. The van der Waals surface area contributed by atoms with Gasteiger partial charge in [-0.2, -0.15) is 5.10 Å². The summed E-state index contributed by atoms with van der Waals surface area (Å²) in [5, 5.41) is 9.99. The second-order valence-corrected chi connectivity index (χ2v) is 7.16. The normalized spacial score (nSPS) is 10.4. The molecule has 0 bridgehead atoms. The van der Waals surface area contributed by atoms with Crippen molar-refractivity contribution in [2.45, 2.75) is 19.4 Å². The summed E-state index contributed by atoms with van der Waals surface area (Å²) in [5.74, 6) is 2.17. The van der Waals surface area contributed by atoms with E-state index in [0.29, 0.717) is 48.1 Å². The zero-order chi connectivity index (χ0) is 23.6. The summed E-state index contributed by atoms with van der Waals surface area (Å²) >= 11 is 0. The molecule has 2 amide bonds. The summed E-state index contributed by atoms with van der Waals surface area (Å²) < 4.78 is 17.6. The fourth-order valence-corrected chi connectivity index (χ4v) is 3.31. The highest BCUT2D eigenvalue weighted by Gasteiger charge is 2.13. The van der Waals surface area contributed by atoms with E-state index < -0.39 is 0 Å². The number of amides is 2. The molecule has 0 atom stereocenters. The number of hydrogen-bond donors (Lipinski definition) is 2. The van der Waals surface area contributed by atoms with Gasteiger partial charge in [0.15, 0.2) is 11.5 Å². The van der Waals surface area contributed by atoms with Gasteiger partial charge in [0, 0.05) is 30.2 Å². The topological polar surface area (TPSA) is 104 Å². The first kappa shape index (κ1) is 23.6. The van der Waals surface area contributed by atoms with Gasteiger partial charge < -0.3 is 24.8 Å². The van der Waals surface area contributed by atoms with E-state index in [4.69, 9.17) is 14.2 Å². The summed E-state index contributed by atoms with van der Waals surface area (Å²) in [6.45, 7) is 0.791. The molecular weight excluding hydrogens is 424 g/mol. The molecule has 3 aromatic rings. The first-order valence-corrected chi connectivity index (χ1v) is 10.5. The molecule has 1 aromatic heterocycles. The van der Waals surface area contributed by atoms with Crippen LogP contribution in [0.2, 0.25) is 0 Å². The second kappa shape index (κ2) is 11.6. The molecule has 0 aliphatic heterocycles. The Kier molecular flexibility index (Phi) is 8.29. The second-order valence-electron chi connectivity index (χ2n) is 7.16. The minimum atomic E-state index is -0.191.